The molecule has 1 aliphatic rings. The van der Waals surface area contributed by atoms with Crippen molar-refractivity contribution in [1.82, 2.24) is 4.90 Å². The normalized spacial score (nSPS) is 21.3. The van der Waals surface area contributed by atoms with Gasteiger partial charge >= 0.3 is 0 Å². The molecule has 3 nitrogen and oxygen atoms in total. The third kappa shape index (κ3) is 2.51. The number of nitrogens with zero attached hydrogens (tertiary/aromatic N) is 1. The third-order valence-electron chi connectivity index (χ3n) is 2.93. The fraction of sp³-hybridized carbons (Fsp3) is 0.500. The van der Waals surface area contributed by atoms with E-state index in [0.717, 1.165) is 31.6 Å². The highest BCUT2D eigenvalue weighted by Crippen LogP contribution is 2.19. The predicted molar refractivity (Wildman–Crippen MR) is 60.8 cm³/mol. The van der Waals surface area contributed by atoms with E-state index in [0.29, 0.717) is 5.75 Å². The molecule has 2 N–H and O–H groups in total. The molecule has 1 aromatic carbocycles. The number of ether oxygens (including phenoxy) is 1. The summed E-state index contributed by atoms with van der Waals surface area (Å²) < 4.78 is 18.3. The minimum atomic E-state index is -0.302. The van der Waals surface area contributed by atoms with Crippen LogP contribution in [0.25, 0.3) is 0 Å². The Balaban J connectivity index is 2.02. The van der Waals surface area contributed by atoms with Crippen LogP contribution in [0.2, 0.25) is 0 Å². The molecule has 1 aromatic rings. The van der Waals surface area contributed by atoms with Crippen LogP contribution in [0.3, 0.4) is 0 Å². The van der Waals surface area contributed by atoms with Crippen molar-refractivity contribution in [3.63, 3.8) is 0 Å². The molecule has 0 radical (unpaired) electrons. The van der Waals surface area contributed by atoms with Crippen molar-refractivity contribution in [2.75, 3.05) is 20.2 Å². The van der Waals surface area contributed by atoms with Gasteiger partial charge in [-0.15, -0.1) is 0 Å². The molecular weight excluding hydrogens is 207 g/mol. The topological polar surface area (TPSA) is 38.5 Å². The molecule has 1 saturated heterocycles. The Labute approximate surface area is 95.0 Å². The Bertz CT molecular complexity index is 370. The van der Waals surface area contributed by atoms with Gasteiger partial charge in [0.2, 0.25) is 0 Å². The van der Waals surface area contributed by atoms with Crippen molar-refractivity contribution < 1.29 is 9.13 Å². The van der Waals surface area contributed by atoms with Gasteiger partial charge in [-0.1, -0.05) is 6.07 Å². The summed E-state index contributed by atoms with van der Waals surface area (Å²) in [6.45, 7) is 2.65. The van der Waals surface area contributed by atoms with Gasteiger partial charge in [-0.25, -0.2) is 4.39 Å². The minimum absolute atomic E-state index is 0.267. The van der Waals surface area contributed by atoms with Gasteiger partial charge < -0.3 is 10.5 Å². The highest BCUT2D eigenvalue weighted by Gasteiger charge is 2.19. The monoisotopic (exact) mass is 224 g/mol. The number of nitrogens with two attached hydrogens (primary N) is 1. The van der Waals surface area contributed by atoms with E-state index in [1.165, 1.54) is 13.2 Å². The van der Waals surface area contributed by atoms with E-state index in [1.54, 1.807) is 6.07 Å². The first kappa shape index (κ1) is 11.4. The summed E-state index contributed by atoms with van der Waals surface area (Å²) in [6, 6.07) is 5.36. The van der Waals surface area contributed by atoms with Gasteiger partial charge in [-0.2, -0.15) is 0 Å². The minimum Gasteiger partial charge on any atom is -0.494 e. The van der Waals surface area contributed by atoms with Crippen LogP contribution >= 0.6 is 0 Å². The number of benzene rings is 1. The molecule has 0 saturated carbocycles. The molecule has 0 aromatic heterocycles. The number of hydrogen-bond donors (Lipinski definition) is 1. The smallest absolute Gasteiger partial charge is 0.165 e. The summed E-state index contributed by atoms with van der Waals surface area (Å²) in [4.78, 5) is 2.24. The number of rotatable bonds is 3. The summed E-state index contributed by atoms with van der Waals surface area (Å²) in [7, 11) is 1.47. The average Bonchev–Trinajstić information content (AvgIpc) is 2.64. The molecule has 16 heavy (non-hydrogen) atoms. The zero-order valence-electron chi connectivity index (χ0n) is 9.45. The van der Waals surface area contributed by atoms with Crippen LogP contribution in [-0.4, -0.2) is 31.1 Å². The lowest BCUT2D eigenvalue weighted by molar-refractivity contribution is 0.325. The molecule has 2 rings (SSSR count). The first-order valence-electron chi connectivity index (χ1n) is 5.49. The average molecular weight is 224 g/mol. The number of likely N-dealkylation sites (tertiary alicyclic amines) is 1. The molecule has 88 valence electrons. The molecule has 4 heteroatoms. The van der Waals surface area contributed by atoms with E-state index in [-0.39, 0.29) is 11.9 Å². The van der Waals surface area contributed by atoms with Gasteiger partial charge in [0, 0.05) is 25.7 Å². The molecule has 1 heterocycles. The van der Waals surface area contributed by atoms with Crippen molar-refractivity contribution in [2.24, 2.45) is 5.73 Å². The first-order chi connectivity index (χ1) is 7.69. The molecule has 0 aliphatic carbocycles. The fourth-order valence-electron chi connectivity index (χ4n) is 2.07. The van der Waals surface area contributed by atoms with Crippen molar-refractivity contribution in [1.29, 1.82) is 0 Å². The zero-order valence-corrected chi connectivity index (χ0v) is 9.45. The third-order valence-corrected chi connectivity index (χ3v) is 2.93. The fourth-order valence-corrected chi connectivity index (χ4v) is 2.07. The maximum atomic E-state index is 13.4. The van der Waals surface area contributed by atoms with Crippen LogP contribution in [0.15, 0.2) is 18.2 Å². The van der Waals surface area contributed by atoms with Crippen LogP contribution in [-0.2, 0) is 6.54 Å². The van der Waals surface area contributed by atoms with Crippen molar-refractivity contribution >= 4 is 0 Å². The largest absolute Gasteiger partial charge is 0.494 e. The van der Waals surface area contributed by atoms with Gasteiger partial charge in [0.25, 0.3) is 0 Å². The molecule has 0 bridgehead atoms. The van der Waals surface area contributed by atoms with Crippen LogP contribution in [0.4, 0.5) is 4.39 Å². The van der Waals surface area contributed by atoms with Gasteiger partial charge in [-0.05, 0) is 24.1 Å². The van der Waals surface area contributed by atoms with E-state index < -0.39 is 0 Å². The second kappa shape index (κ2) is 4.80. The van der Waals surface area contributed by atoms with Gasteiger partial charge in [0.15, 0.2) is 11.6 Å². The molecule has 0 spiro atoms. The SMILES string of the molecule is COc1ccc(CN2CC[C@@H](N)C2)cc1F. The standard InChI is InChI=1S/C12H17FN2O/c1-16-12-3-2-9(6-11(12)13)7-15-5-4-10(14)8-15/h2-3,6,10H,4-5,7-8,14H2,1H3/t10-/m1/s1. The number of halogens is 1. The van der Waals surface area contributed by atoms with Crippen molar-refractivity contribution in [3.8, 4) is 5.75 Å². The van der Waals surface area contributed by atoms with Crippen LogP contribution in [0.1, 0.15) is 12.0 Å². The Hall–Kier alpha value is -1.13. The van der Waals surface area contributed by atoms with E-state index in [4.69, 9.17) is 10.5 Å². The van der Waals surface area contributed by atoms with Gasteiger partial charge in [0.05, 0.1) is 7.11 Å². The van der Waals surface area contributed by atoms with Crippen LogP contribution in [0, 0.1) is 5.82 Å². The lowest BCUT2D eigenvalue weighted by Gasteiger charge is -2.15. The Morgan fingerprint density at radius 1 is 1.56 bits per heavy atom. The quantitative estimate of drug-likeness (QED) is 0.842. The summed E-state index contributed by atoms with van der Waals surface area (Å²) >= 11 is 0. The second-order valence-electron chi connectivity index (χ2n) is 4.25. The number of methoxy groups -OCH3 is 1. The lowest BCUT2D eigenvalue weighted by atomic mass is 10.2. The van der Waals surface area contributed by atoms with Crippen molar-refractivity contribution in [2.45, 2.75) is 19.0 Å². The highest BCUT2D eigenvalue weighted by atomic mass is 19.1. The lowest BCUT2D eigenvalue weighted by Crippen LogP contribution is -2.26. The van der Waals surface area contributed by atoms with Crippen LogP contribution < -0.4 is 10.5 Å². The van der Waals surface area contributed by atoms with Crippen LogP contribution in [0.5, 0.6) is 5.75 Å². The predicted octanol–water partition coefficient (Wildman–Crippen LogP) is 1.37. The maximum Gasteiger partial charge on any atom is 0.165 e. The van der Waals surface area contributed by atoms with E-state index in [9.17, 15) is 4.39 Å². The zero-order chi connectivity index (χ0) is 11.5. The molecule has 1 fully saturated rings. The first-order valence-corrected chi connectivity index (χ1v) is 5.49. The highest BCUT2D eigenvalue weighted by molar-refractivity contribution is 5.29. The summed E-state index contributed by atoms with van der Waals surface area (Å²) in [6.07, 6.45) is 1.03. The molecule has 0 amide bonds. The van der Waals surface area contributed by atoms with Gasteiger partial charge in [0.1, 0.15) is 0 Å². The molecule has 1 atom stereocenters. The molecule has 0 unspecified atom stereocenters. The summed E-state index contributed by atoms with van der Waals surface area (Å²) in [5.41, 5.74) is 6.78. The second-order valence-corrected chi connectivity index (χ2v) is 4.25. The number of hydrogen-bond acceptors (Lipinski definition) is 3. The van der Waals surface area contributed by atoms with Gasteiger partial charge in [-0.3, -0.25) is 4.90 Å². The maximum absolute atomic E-state index is 13.4. The Morgan fingerprint density at radius 3 is 2.94 bits per heavy atom. The van der Waals surface area contributed by atoms with E-state index >= 15 is 0 Å². The Morgan fingerprint density at radius 2 is 2.38 bits per heavy atom. The molecule has 1 aliphatic heterocycles. The summed E-state index contributed by atoms with van der Waals surface area (Å²) in [5.74, 6) is -0.00892. The van der Waals surface area contributed by atoms with E-state index in [1.807, 2.05) is 6.07 Å². The van der Waals surface area contributed by atoms with Crippen molar-refractivity contribution in [3.05, 3.63) is 29.6 Å². The summed E-state index contributed by atoms with van der Waals surface area (Å²) in [5, 5.41) is 0. The Kier molecular flexibility index (Phi) is 3.41. The van der Waals surface area contributed by atoms with E-state index in [2.05, 4.69) is 4.90 Å². The molecular formula is C12H17FN2O.